The molecule has 2 saturated heterocycles. The van der Waals surface area contributed by atoms with E-state index in [0.29, 0.717) is 30.2 Å². The van der Waals surface area contributed by atoms with Crippen LogP contribution in [0.2, 0.25) is 0 Å². The molecular weight excluding hydrogens is 400 g/mol. The summed E-state index contributed by atoms with van der Waals surface area (Å²) in [6.07, 6.45) is 4.50. The third-order valence-electron chi connectivity index (χ3n) is 6.29. The number of carbonyl (C=O) groups excluding carboxylic acids is 1. The van der Waals surface area contributed by atoms with Gasteiger partial charge in [0.1, 0.15) is 18.1 Å². The number of ether oxygens (including phenoxy) is 1. The highest BCUT2D eigenvalue weighted by molar-refractivity contribution is 5.91. The number of hydrogen-bond acceptors (Lipinski definition) is 4. The van der Waals surface area contributed by atoms with Crippen LogP contribution in [0.4, 0.5) is 0 Å². The van der Waals surface area contributed by atoms with Crippen molar-refractivity contribution in [2.45, 2.75) is 50.4 Å². The lowest BCUT2D eigenvalue weighted by Gasteiger charge is -2.35. The Morgan fingerprint density at radius 1 is 1.07 bits per heavy atom. The smallest absolute Gasteiger partial charge is 0.289 e. The molecule has 2 aliphatic rings. The molecule has 0 radical (unpaired) electrons. The number of halogens is 1. The standard InChI is InChI=1S/C24H26N2O3.ClH/c1-26(20-13-18-7-8-19(14-20)25-18)24(27)23-11-10-22(29-23)15-28-21-9-6-16-4-2-3-5-17(16)12-21;/h2-6,9-12,18-20,25H,7-8,13-15H2,1H3;1H. The Morgan fingerprint density at radius 3 is 2.57 bits per heavy atom. The molecule has 1 amide bonds. The van der Waals surface area contributed by atoms with Crippen LogP contribution in [0.15, 0.2) is 59.0 Å². The van der Waals surface area contributed by atoms with E-state index in [1.165, 1.54) is 18.2 Å². The highest BCUT2D eigenvalue weighted by Gasteiger charge is 2.37. The van der Waals surface area contributed by atoms with E-state index < -0.39 is 0 Å². The molecule has 30 heavy (non-hydrogen) atoms. The lowest BCUT2D eigenvalue weighted by molar-refractivity contribution is 0.0646. The van der Waals surface area contributed by atoms with Gasteiger partial charge in [-0.15, -0.1) is 12.4 Å². The van der Waals surface area contributed by atoms with Gasteiger partial charge in [-0.25, -0.2) is 0 Å². The first-order valence-electron chi connectivity index (χ1n) is 10.4. The van der Waals surface area contributed by atoms with Crippen molar-refractivity contribution in [2.75, 3.05) is 7.05 Å². The summed E-state index contributed by atoms with van der Waals surface area (Å²) in [5.41, 5.74) is 0. The predicted molar refractivity (Wildman–Crippen MR) is 119 cm³/mol. The number of benzene rings is 2. The van der Waals surface area contributed by atoms with Crippen LogP contribution in [0.1, 0.15) is 42.0 Å². The SMILES string of the molecule is CN(C(=O)c1ccc(COc2ccc3ccccc3c2)o1)C1CC2CCC(C1)N2.Cl. The Kier molecular flexibility index (Phi) is 6.02. The van der Waals surface area contributed by atoms with Gasteiger partial charge in [0.2, 0.25) is 0 Å². The summed E-state index contributed by atoms with van der Waals surface area (Å²) in [4.78, 5) is 14.7. The zero-order valence-corrected chi connectivity index (χ0v) is 17.9. The van der Waals surface area contributed by atoms with Crippen LogP contribution in [0.25, 0.3) is 10.8 Å². The molecule has 3 aromatic rings. The molecule has 158 valence electrons. The fourth-order valence-electron chi connectivity index (χ4n) is 4.67. The molecule has 5 rings (SSSR count). The quantitative estimate of drug-likeness (QED) is 0.637. The summed E-state index contributed by atoms with van der Waals surface area (Å²) in [5.74, 6) is 1.78. The monoisotopic (exact) mass is 426 g/mol. The Balaban J connectivity index is 0.00000218. The van der Waals surface area contributed by atoms with Gasteiger partial charge in [0, 0.05) is 25.2 Å². The maximum atomic E-state index is 12.9. The normalized spacial score (nSPS) is 22.5. The van der Waals surface area contributed by atoms with Gasteiger partial charge in [-0.1, -0.05) is 30.3 Å². The number of nitrogens with one attached hydrogen (secondary N) is 1. The van der Waals surface area contributed by atoms with E-state index in [1.807, 2.05) is 48.3 Å². The largest absolute Gasteiger partial charge is 0.486 e. The molecule has 5 nitrogen and oxygen atoms in total. The molecule has 0 aliphatic carbocycles. The van der Waals surface area contributed by atoms with Crippen LogP contribution in [0.5, 0.6) is 5.75 Å². The van der Waals surface area contributed by atoms with Crippen molar-refractivity contribution in [1.29, 1.82) is 0 Å². The third-order valence-corrected chi connectivity index (χ3v) is 6.29. The lowest BCUT2D eigenvalue weighted by Crippen LogP contribution is -2.48. The summed E-state index contributed by atoms with van der Waals surface area (Å²) in [7, 11) is 1.89. The van der Waals surface area contributed by atoms with E-state index in [2.05, 4.69) is 17.4 Å². The molecule has 1 N–H and O–H groups in total. The van der Waals surface area contributed by atoms with Crippen LogP contribution in [0, 0.1) is 0 Å². The summed E-state index contributed by atoms with van der Waals surface area (Å²) >= 11 is 0. The second-order valence-electron chi connectivity index (χ2n) is 8.24. The number of hydrogen-bond donors (Lipinski definition) is 1. The molecule has 0 saturated carbocycles. The van der Waals surface area contributed by atoms with Gasteiger partial charge < -0.3 is 19.4 Å². The lowest BCUT2D eigenvalue weighted by atomic mass is 9.98. The number of rotatable bonds is 5. The van der Waals surface area contributed by atoms with Crippen molar-refractivity contribution in [3.8, 4) is 5.75 Å². The number of fused-ring (bicyclic) bond motifs is 3. The van der Waals surface area contributed by atoms with Gasteiger partial charge in [0.15, 0.2) is 5.76 Å². The molecule has 1 aromatic heterocycles. The molecule has 2 bridgehead atoms. The molecule has 2 fully saturated rings. The van der Waals surface area contributed by atoms with Crippen LogP contribution in [0.3, 0.4) is 0 Å². The molecule has 2 atom stereocenters. The van der Waals surface area contributed by atoms with Crippen LogP contribution in [-0.2, 0) is 6.61 Å². The van der Waals surface area contributed by atoms with Gasteiger partial charge >= 0.3 is 0 Å². The molecular formula is C24H27ClN2O3. The fourth-order valence-corrected chi connectivity index (χ4v) is 4.67. The summed E-state index contributed by atoms with van der Waals surface area (Å²) < 4.78 is 11.7. The highest BCUT2D eigenvalue weighted by Crippen LogP contribution is 2.30. The minimum atomic E-state index is -0.0479. The Bertz CT molecular complexity index is 1020. The Labute approximate surface area is 182 Å². The molecule has 2 aromatic carbocycles. The molecule has 2 aliphatic heterocycles. The van der Waals surface area contributed by atoms with Gasteiger partial charge in [0.05, 0.1) is 0 Å². The first-order chi connectivity index (χ1) is 14.2. The van der Waals surface area contributed by atoms with Crippen molar-refractivity contribution in [2.24, 2.45) is 0 Å². The van der Waals surface area contributed by atoms with Crippen molar-refractivity contribution >= 4 is 29.1 Å². The van der Waals surface area contributed by atoms with Crippen molar-refractivity contribution in [3.63, 3.8) is 0 Å². The second-order valence-corrected chi connectivity index (χ2v) is 8.24. The van der Waals surface area contributed by atoms with E-state index in [0.717, 1.165) is 24.0 Å². The van der Waals surface area contributed by atoms with Crippen LogP contribution >= 0.6 is 12.4 Å². The third kappa shape index (κ3) is 4.18. The maximum absolute atomic E-state index is 12.9. The average Bonchev–Trinajstić information content (AvgIpc) is 3.37. The summed E-state index contributed by atoms with van der Waals surface area (Å²) in [5, 5.41) is 5.94. The molecule has 6 heteroatoms. The van der Waals surface area contributed by atoms with Gasteiger partial charge in [-0.3, -0.25) is 4.79 Å². The number of amides is 1. The Morgan fingerprint density at radius 2 is 1.80 bits per heavy atom. The van der Waals surface area contributed by atoms with E-state index in [4.69, 9.17) is 9.15 Å². The molecule has 0 spiro atoms. The van der Waals surface area contributed by atoms with Gasteiger partial charge in [-0.2, -0.15) is 0 Å². The first kappa shape index (κ1) is 20.8. The van der Waals surface area contributed by atoms with E-state index in [1.54, 1.807) is 6.07 Å². The number of carbonyl (C=O) groups is 1. The van der Waals surface area contributed by atoms with Crippen molar-refractivity contribution in [3.05, 3.63) is 66.1 Å². The van der Waals surface area contributed by atoms with Crippen molar-refractivity contribution in [1.82, 2.24) is 10.2 Å². The molecule has 2 unspecified atom stereocenters. The van der Waals surface area contributed by atoms with E-state index in [-0.39, 0.29) is 24.4 Å². The van der Waals surface area contributed by atoms with Crippen LogP contribution in [-0.4, -0.2) is 36.0 Å². The maximum Gasteiger partial charge on any atom is 0.289 e. The Hall–Kier alpha value is -2.50. The number of nitrogens with zero attached hydrogens (tertiary/aromatic N) is 1. The zero-order chi connectivity index (χ0) is 19.8. The summed E-state index contributed by atoms with van der Waals surface area (Å²) in [6.45, 7) is 0.298. The number of furan rings is 1. The summed E-state index contributed by atoms with van der Waals surface area (Å²) in [6, 6.07) is 19.2. The minimum Gasteiger partial charge on any atom is -0.486 e. The van der Waals surface area contributed by atoms with Gasteiger partial charge in [-0.05, 0) is 60.7 Å². The van der Waals surface area contributed by atoms with E-state index >= 15 is 0 Å². The first-order valence-corrected chi connectivity index (χ1v) is 10.4. The van der Waals surface area contributed by atoms with E-state index in [9.17, 15) is 4.79 Å². The minimum absolute atomic E-state index is 0. The number of piperidine rings is 1. The predicted octanol–water partition coefficient (Wildman–Crippen LogP) is 4.79. The zero-order valence-electron chi connectivity index (χ0n) is 17.0. The fraction of sp³-hybridized carbons (Fsp3) is 0.375. The average molecular weight is 427 g/mol. The van der Waals surface area contributed by atoms with Crippen molar-refractivity contribution < 1.29 is 13.9 Å². The second kappa shape index (κ2) is 8.70. The van der Waals surface area contributed by atoms with Gasteiger partial charge in [0.25, 0.3) is 5.91 Å². The molecule has 3 heterocycles. The topological polar surface area (TPSA) is 54.7 Å². The highest BCUT2D eigenvalue weighted by atomic mass is 35.5. The van der Waals surface area contributed by atoms with Crippen LogP contribution < -0.4 is 10.1 Å².